The molecule has 2 aliphatic heterocycles. The first-order chi connectivity index (χ1) is 8.56. The van der Waals surface area contributed by atoms with Gasteiger partial charge in [-0.25, -0.2) is 0 Å². The Kier molecular flexibility index (Phi) is 6.09. The van der Waals surface area contributed by atoms with Crippen LogP contribution in [0.2, 0.25) is 0 Å². The van der Waals surface area contributed by atoms with E-state index in [1.165, 1.54) is 6.42 Å². The van der Waals surface area contributed by atoms with Crippen molar-refractivity contribution in [1.82, 2.24) is 10.2 Å². The molecule has 2 fully saturated rings. The molecule has 1 amide bonds. The molecule has 4 heteroatoms. The lowest BCUT2D eigenvalue weighted by atomic mass is 10.0. The van der Waals surface area contributed by atoms with Gasteiger partial charge in [0.15, 0.2) is 0 Å². The first-order valence-electron chi connectivity index (χ1n) is 7.19. The van der Waals surface area contributed by atoms with Crippen molar-refractivity contribution in [2.24, 2.45) is 5.92 Å². The third-order valence-electron chi connectivity index (χ3n) is 3.64. The Bertz CT molecular complexity index is 274. The number of fused-ring (bicyclic) bond motifs is 2. The quantitative estimate of drug-likeness (QED) is 0.837. The van der Waals surface area contributed by atoms with E-state index in [2.05, 4.69) is 24.1 Å². The van der Waals surface area contributed by atoms with Gasteiger partial charge in [0, 0.05) is 33.5 Å². The molecule has 2 rings (SSSR count). The summed E-state index contributed by atoms with van der Waals surface area (Å²) in [5.74, 6) is 0.545. The lowest BCUT2D eigenvalue weighted by Gasteiger charge is -2.32. The van der Waals surface area contributed by atoms with Crippen molar-refractivity contribution in [2.45, 2.75) is 59.2 Å². The summed E-state index contributed by atoms with van der Waals surface area (Å²) >= 11 is 0. The SMILES string of the molecule is CC.CC(=O)N[C@H](CN1C[C@H]2CC1CO2)C(C)C.[HH]. The highest BCUT2D eigenvalue weighted by Gasteiger charge is 2.39. The number of ether oxygens (including phenoxy) is 1. The summed E-state index contributed by atoms with van der Waals surface area (Å²) in [4.78, 5) is 13.6. The van der Waals surface area contributed by atoms with Crippen molar-refractivity contribution in [3.63, 3.8) is 0 Å². The second kappa shape index (κ2) is 7.10. The Morgan fingerprint density at radius 2 is 2.17 bits per heavy atom. The van der Waals surface area contributed by atoms with Gasteiger partial charge < -0.3 is 10.1 Å². The van der Waals surface area contributed by atoms with Crippen molar-refractivity contribution in [2.75, 3.05) is 19.7 Å². The molecular weight excluding hydrogens is 228 g/mol. The third-order valence-corrected chi connectivity index (χ3v) is 3.64. The van der Waals surface area contributed by atoms with Gasteiger partial charge in [-0.2, -0.15) is 0 Å². The molecule has 2 bridgehead atoms. The number of likely N-dealkylation sites (tertiary alicyclic amines) is 1. The summed E-state index contributed by atoms with van der Waals surface area (Å²) in [5, 5.41) is 3.04. The number of morpholine rings is 1. The van der Waals surface area contributed by atoms with Crippen LogP contribution in [0, 0.1) is 5.92 Å². The van der Waals surface area contributed by atoms with Gasteiger partial charge in [0.05, 0.1) is 12.7 Å². The minimum absolute atomic E-state index is 0. The van der Waals surface area contributed by atoms with Gasteiger partial charge in [-0.15, -0.1) is 0 Å². The van der Waals surface area contributed by atoms with Gasteiger partial charge >= 0.3 is 0 Å². The summed E-state index contributed by atoms with van der Waals surface area (Å²) < 4.78 is 5.58. The number of amides is 1. The van der Waals surface area contributed by atoms with Gasteiger partial charge in [-0.05, 0) is 12.3 Å². The summed E-state index contributed by atoms with van der Waals surface area (Å²) in [6.07, 6.45) is 1.61. The summed E-state index contributed by atoms with van der Waals surface area (Å²) in [6.45, 7) is 12.8. The number of hydrogen-bond acceptors (Lipinski definition) is 3. The highest BCUT2D eigenvalue weighted by Crippen LogP contribution is 2.28. The standard InChI is InChI=1S/C12H22N2O2.C2H6.H2/c1-8(2)12(13-9(3)15)6-14-5-11-4-10(14)7-16-11;1-2;/h8,10-12H,4-7H2,1-3H3,(H,13,15);1-2H3;1H/t10?,11-,12-;;/m1../s1. The fourth-order valence-corrected chi connectivity index (χ4v) is 2.64. The number of hydrogen-bond donors (Lipinski definition) is 1. The van der Waals surface area contributed by atoms with Gasteiger partial charge in [0.25, 0.3) is 0 Å². The molecule has 3 atom stereocenters. The van der Waals surface area contributed by atoms with Gasteiger partial charge in [0.1, 0.15) is 0 Å². The fourth-order valence-electron chi connectivity index (χ4n) is 2.64. The Balaban J connectivity index is 0.00000103. The van der Waals surface area contributed by atoms with Crippen LogP contribution in [0.4, 0.5) is 0 Å². The summed E-state index contributed by atoms with van der Waals surface area (Å²) in [7, 11) is 0. The molecule has 0 radical (unpaired) electrons. The van der Waals surface area contributed by atoms with Crippen molar-refractivity contribution in [1.29, 1.82) is 0 Å². The number of nitrogens with zero attached hydrogens (tertiary/aromatic N) is 1. The highest BCUT2D eigenvalue weighted by atomic mass is 16.5. The third kappa shape index (κ3) is 3.95. The molecule has 4 nitrogen and oxygen atoms in total. The molecule has 1 unspecified atom stereocenters. The minimum atomic E-state index is 0. The Morgan fingerprint density at radius 3 is 2.56 bits per heavy atom. The maximum Gasteiger partial charge on any atom is 0.217 e. The van der Waals surface area contributed by atoms with Gasteiger partial charge in [-0.1, -0.05) is 27.7 Å². The predicted molar refractivity (Wildman–Crippen MR) is 75.6 cm³/mol. The van der Waals surface area contributed by atoms with Crippen LogP contribution in [0.15, 0.2) is 0 Å². The summed E-state index contributed by atoms with van der Waals surface area (Å²) in [5.41, 5.74) is 0. The zero-order valence-electron chi connectivity index (χ0n) is 12.4. The molecule has 0 saturated carbocycles. The van der Waals surface area contributed by atoms with E-state index in [9.17, 15) is 4.79 Å². The second-order valence-corrected chi connectivity index (χ2v) is 5.35. The van der Waals surface area contributed by atoms with Gasteiger partial charge in [-0.3, -0.25) is 9.69 Å². The number of carbonyl (C=O) groups is 1. The van der Waals surface area contributed by atoms with E-state index >= 15 is 0 Å². The predicted octanol–water partition coefficient (Wildman–Crippen LogP) is 1.89. The number of rotatable bonds is 4. The molecule has 2 heterocycles. The average Bonchev–Trinajstić information content (AvgIpc) is 2.92. The van der Waals surface area contributed by atoms with Crippen LogP contribution in [0.1, 0.15) is 42.5 Å². The maximum absolute atomic E-state index is 11.1. The molecule has 0 aromatic heterocycles. The smallest absolute Gasteiger partial charge is 0.217 e. The normalized spacial score (nSPS) is 27.9. The minimum Gasteiger partial charge on any atom is -0.375 e. The topological polar surface area (TPSA) is 41.6 Å². The van der Waals surface area contributed by atoms with Crippen LogP contribution in [0.25, 0.3) is 0 Å². The van der Waals surface area contributed by atoms with E-state index in [0.29, 0.717) is 18.1 Å². The maximum atomic E-state index is 11.1. The van der Waals surface area contributed by atoms with E-state index in [-0.39, 0.29) is 13.4 Å². The molecule has 0 aromatic rings. The second-order valence-electron chi connectivity index (χ2n) is 5.35. The van der Waals surface area contributed by atoms with Gasteiger partial charge in [0.2, 0.25) is 5.91 Å². The molecule has 0 aliphatic carbocycles. The zero-order chi connectivity index (χ0) is 13.7. The molecule has 2 saturated heterocycles. The lowest BCUT2D eigenvalue weighted by molar-refractivity contribution is -0.120. The molecule has 2 aliphatic rings. The van der Waals surface area contributed by atoms with E-state index in [1.807, 2.05) is 13.8 Å². The molecule has 108 valence electrons. The lowest BCUT2D eigenvalue weighted by Crippen LogP contribution is -2.49. The first kappa shape index (κ1) is 15.4. The molecule has 18 heavy (non-hydrogen) atoms. The largest absolute Gasteiger partial charge is 0.375 e. The summed E-state index contributed by atoms with van der Waals surface area (Å²) in [6, 6.07) is 0.844. The first-order valence-corrected chi connectivity index (χ1v) is 7.19. The Morgan fingerprint density at radius 1 is 1.50 bits per heavy atom. The van der Waals surface area contributed by atoms with Crippen molar-refractivity contribution in [3.8, 4) is 0 Å². The molecular formula is C14H30N2O2. The van der Waals surface area contributed by atoms with Crippen molar-refractivity contribution < 1.29 is 11.0 Å². The van der Waals surface area contributed by atoms with Crippen molar-refractivity contribution >= 4 is 5.91 Å². The van der Waals surface area contributed by atoms with Crippen LogP contribution >= 0.6 is 0 Å². The van der Waals surface area contributed by atoms with Crippen LogP contribution in [0.5, 0.6) is 0 Å². The monoisotopic (exact) mass is 258 g/mol. The average molecular weight is 258 g/mol. The Hall–Kier alpha value is -0.610. The number of carbonyl (C=O) groups excluding carboxylic acids is 1. The number of nitrogens with one attached hydrogen (secondary N) is 1. The van der Waals surface area contributed by atoms with Crippen LogP contribution in [-0.2, 0) is 9.53 Å². The highest BCUT2D eigenvalue weighted by molar-refractivity contribution is 5.73. The van der Waals surface area contributed by atoms with Crippen LogP contribution in [-0.4, -0.2) is 48.7 Å². The van der Waals surface area contributed by atoms with E-state index in [0.717, 1.165) is 19.7 Å². The van der Waals surface area contributed by atoms with Crippen LogP contribution < -0.4 is 5.32 Å². The molecule has 0 spiro atoms. The Labute approximate surface area is 113 Å². The van der Waals surface area contributed by atoms with E-state index < -0.39 is 0 Å². The van der Waals surface area contributed by atoms with E-state index in [1.54, 1.807) is 6.92 Å². The zero-order valence-corrected chi connectivity index (χ0v) is 12.4. The van der Waals surface area contributed by atoms with E-state index in [4.69, 9.17) is 4.74 Å². The molecule has 1 N–H and O–H groups in total. The fraction of sp³-hybridized carbons (Fsp3) is 0.929. The van der Waals surface area contributed by atoms with Crippen molar-refractivity contribution in [3.05, 3.63) is 0 Å². The molecule has 0 aromatic carbocycles. The van der Waals surface area contributed by atoms with Crippen LogP contribution in [0.3, 0.4) is 0 Å².